The fourth-order valence-electron chi connectivity index (χ4n) is 9.89. The second-order valence-corrected chi connectivity index (χ2v) is 21.4. The summed E-state index contributed by atoms with van der Waals surface area (Å²) in [7, 11) is -1.57. The third-order valence-corrected chi connectivity index (χ3v) is 14.4. The van der Waals surface area contributed by atoms with E-state index in [9.17, 15) is 0 Å². The van der Waals surface area contributed by atoms with E-state index in [2.05, 4.69) is 181 Å². The van der Waals surface area contributed by atoms with Gasteiger partial charge in [0.25, 0.3) is 0 Å². The molecular formula is C51H36N2O2Si. The van der Waals surface area contributed by atoms with Gasteiger partial charge in [-0.05, 0) is 93.0 Å². The van der Waals surface area contributed by atoms with Crippen LogP contribution in [0.2, 0.25) is 19.6 Å². The highest BCUT2D eigenvalue weighted by molar-refractivity contribution is 6.88. The minimum absolute atomic E-state index is 0.526. The van der Waals surface area contributed by atoms with Crippen molar-refractivity contribution in [2.45, 2.75) is 25.1 Å². The van der Waals surface area contributed by atoms with E-state index in [-0.39, 0.29) is 0 Å². The third-order valence-electron chi connectivity index (χ3n) is 12.3. The number of pyridine rings is 1. The van der Waals surface area contributed by atoms with Crippen molar-refractivity contribution in [3.8, 4) is 22.3 Å². The highest BCUT2D eigenvalue weighted by Gasteiger charge is 2.52. The molecule has 0 aliphatic heterocycles. The van der Waals surface area contributed by atoms with Gasteiger partial charge in [-0.15, -0.1) is 0 Å². The van der Waals surface area contributed by atoms with Gasteiger partial charge in [-0.2, -0.15) is 0 Å². The van der Waals surface area contributed by atoms with E-state index in [4.69, 9.17) is 8.83 Å². The molecular weight excluding hydrogens is 701 g/mol. The zero-order chi connectivity index (χ0) is 37.3. The molecule has 0 bridgehead atoms. The van der Waals surface area contributed by atoms with Gasteiger partial charge < -0.3 is 13.7 Å². The molecule has 0 saturated carbocycles. The van der Waals surface area contributed by atoms with Crippen molar-refractivity contribution in [3.05, 3.63) is 186 Å². The zero-order valence-corrected chi connectivity index (χ0v) is 32.3. The Morgan fingerprint density at radius 3 is 1.88 bits per heavy atom. The lowest BCUT2D eigenvalue weighted by Crippen LogP contribution is -2.37. The standard InChI is InChI=1S/C51H36N2O2Si/c1-56(2,3)33-25-22-31(23-26-33)53(32-24-27-36-37-17-12-28-52-50(37)55-46(36)29-32)44-30-43-47(48-39-16-7-11-21-45(39)54-49(44)48)38-15-6-10-20-42(38)51(43)40-18-8-4-13-34(40)35-14-5-9-19-41(35)51/h4-30H,1-3H3. The molecule has 2 aliphatic carbocycles. The van der Waals surface area contributed by atoms with Crippen LogP contribution in [0, 0.1) is 0 Å². The fourth-order valence-corrected chi connectivity index (χ4v) is 11.1. The maximum Gasteiger partial charge on any atom is 0.227 e. The minimum Gasteiger partial charge on any atom is -0.454 e. The van der Waals surface area contributed by atoms with E-state index in [0.717, 1.165) is 55.4 Å². The zero-order valence-electron chi connectivity index (χ0n) is 31.3. The summed E-state index contributed by atoms with van der Waals surface area (Å²) in [5, 5.41) is 5.71. The molecule has 56 heavy (non-hydrogen) atoms. The summed E-state index contributed by atoms with van der Waals surface area (Å²) < 4.78 is 13.5. The smallest absolute Gasteiger partial charge is 0.227 e. The van der Waals surface area contributed by atoms with Crippen LogP contribution in [0.15, 0.2) is 173 Å². The Kier molecular flexibility index (Phi) is 6.32. The molecule has 0 atom stereocenters. The highest BCUT2D eigenvalue weighted by Crippen LogP contribution is 2.65. The molecule has 3 aromatic heterocycles. The first-order valence-electron chi connectivity index (χ1n) is 19.4. The summed E-state index contributed by atoms with van der Waals surface area (Å²) in [5.41, 5.74) is 15.9. The van der Waals surface area contributed by atoms with Gasteiger partial charge in [-0.25, -0.2) is 4.98 Å². The van der Waals surface area contributed by atoms with Crippen LogP contribution in [0.4, 0.5) is 17.1 Å². The first-order valence-corrected chi connectivity index (χ1v) is 22.9. The molecule has 0 fully saturated rings. The number of fused-ring (bicyclic) bond motifs is 17. The second kappa shape index (κ2) is 11.2. The summed E-state index contributed by atoms with van der Waals surface area (Å²) in [6.45, 7) is 7.20. The van der Waals surface area contributed by atoms with Crippen molar-refractivity contribution in [2.24, 2.45) is 0 Å². The lowest BCUT2D eigenvalue weighted by molar-refractivity contribution is 0.654. The first-order chi connectivity index (χ1) is 27.4. The van der Waals surface area contributed by atoms with Crippen molar-refractivity contribution in [1.29, 1.82) is 0 Å². The number of rotatable bonds is 4. The molecule has 12 rings (SSSR count). The summed E-state index contributed by atoms with van der Waals surface area (Å²) in [6.07, 6.45) is 1.79. The molecule has 4 nitrogen and oxygen atoms in total. The molecule has 0 saturated heterocycles. The highest BCUT2D eigenvalue weighted by atomic mass is 28.3. The number of nitrogens with zero attached hydrogens (tertiary/aromatic N) is 2. The molecule has 3 heterocycles. The Morgan fingerprint density at radius 2 is 1.14 bits per heavy atom. The van der Waals surface area contributed by atoms with Crippen molar-refractivity contribution < 1.29 is 8.83 Å². The average molecular weight is 737 g/mol. The lowest BCUT2D eigenvalue weighted by Gasteiger charge is -2.32. The molecule has 7 aromatic carbocycles. The first kappa shape index (κ1) is 31.6. The molecule has 0 unspecified atom stereocenters. The molecule has 0 amide bonds. The van der Waals surface area contributed by atoms with E-state index >= 15 is 0 Å². The Morgan fingerprint density at radius 1 is 0.518 bits per heavy atom. The van der Waals surface area contributed by atoms with Gasteiger partial charge in [0.05, 0.1) is 24.9 Å². The monoisotopic (exact) mass is 736 g/mol. The second-order valence-electron chi connectivity index (χ2n) is 16.3. The molecule has 2 aliphatic rings. The molecule has 10 aromatic rings. The number of furan rings is 2. The van der Waals surface area contributed by atoms with Crippen molar-refractivity contribution in [3.63, 3.8) is 0 Å². The van der Waals surface area contributed by atoms with E-state index in [1.165, 1.54) is 49.7 Å². The van der Waals surface area contributed by atoms with Crippen LogP contribution in [-0.2, 0) is 5.41 Å². The molecule has 1 spiro atoms. The number of hydrogen-bond donors (Lipinski definition) is 0. The lowest BCUT2D eigenvalue weighted by atomic mass is 9.70. The Bertz CT molecular complexity index is 3210. The van der Waals surface area contributed by atoms with E-state index in [0.29, 0.717) is 5.71 Å². The number of benzene rings is 7. The number of hydrogen-bond acceptors (Lipinski definition) is 4. The summed E-state index contributed by atoms with van der Waals surface area (Å²) in [4.78, 5) is 6.93. The van der Waals surface area contributed by atoms with Gasteiger partial charge in [-0.1, -0.05) is 128 Å². The van der Waals surface area contributed by atoms with Gasteiger partial charge in [0.1, 0.15) is 11.2 Å². The molecule has 0 radical (unpaired) electrons. The quantitative estimate of drug-likeness (QED) is 0.169. The van der Waals surface area contributed by atoms with Crippen LogP contribution < -0.4 is 10.1 Å². The maximum absolute atomic E-state index is 7.08. The summed E-state index contributed by atoms with van der Waals surface area (Å²) in [6, 6.07) is 57.8. The predicted octanol–water partition coefficient (Wildman–Crippen LogP) is 13.2. The SMILES string of the molecule is C[Si](C)(C)c1ccc(N(c2ccc3c(c2)oc2ncccc23)c2cc3c(c4c2oc2ccccc24)-c2ccccc2C32c3ccccc3-c3ccccc32)cc1. The molecule has 266 valence electrons. The van der Waals surface area contributed by atoms with Gasteiger partial charge in [0.15, 0.2) is 5.58 Å². The predicted molar refractivity (Wildman–Crippen MR) is 233 cm³/mol. The van der Waals surface area contributed by atoms with E-state index in [1.54, 1.807) is 6.20 Å². The van der Waals surface area contributed by atoms with Crippen LogP contribution >= 0.6 is 0 Å². The van der Waals surface area contributed by atoms with Crippen LogP contribution in [0.3, 0.4) is 0 Å². The van der Waals surface area contributed by atoms with Crippen LogP contribution in [0.1, 0.15) is 22.3 Å². The van der Waals surface area contributed by atoms with Gasteiger partial charge in [0, 0.05) is 39.5 Å². The third kappa shape index (κ3) is 4.10. The van der Waals surface area contributed by atoms with Crippen LogP contribution in [-0.4, -0.2) is 13.1 Å². The van der Waals surface area contributed by atoms with E-state index in [1.807, 2.05) is 6.07 Å². The topological polar surface area (TPSA) is 42.4 Å². The molecule has 5 heteroatoms. The largest absolute Gasteiger partial charge is 0.454 e. The van der Waals surface area contributed by atoms with Gasteiger partial charge >= 0.3 is 0 Å². The van der Waals surface area contributed by atoms with Crippen molar-refractivity contribution >= 4 is 74.3 Å². The summed E-state index contributed by atoms with van der Waals surface area (Å²) in [5.74, 6) is 0. The minimum atomic E-state index is -1.57. The number of para-hydroxylation sites is 1. The number of aromatic nitrogens is 1. The number of anilines is 3. The average Bonchev–Trinajstić information content (AvgIpc) is 3.96. The Labute approximate surface area is 325 Å². The van der Waals surface area contributed by atoms with Crippen LogP contribution in [0.25, 0.3) is 66.3 Å². The summed E-state index contributed by atoms with van der Waals surface area (Å²) >= 11 is 0. The van der Waals surface area contributed by atoms with E-state index < -0.39 is 13.5 Å². The van der Waals surface area contributed by atoms with Gasteiger partial charge in [0.2, 0.25) is 5.71 Å². The van der Waals surface area contributed by atoms with Gasteiger partial charge in [-0.3, -0.25) is 0 Å². The Balaban J connectivity index is 1.24. The Hall–Kier alpha value is -6.69. The fraction of sp³-hybridized carbons (Fsp3) is 0.0784. The maximum atomic E-state index is 7.08. The normalized spacial score (nSPS) is 13.8. The van der Waals surface area contributed by atoms with Crippen molar-refractivity contribution in [1.82, 2.24) is 4.98 Å². The van der Waals surface area contributed by atoms with Crippen molar-refractivity contribution in [2.75, 3.05) is 4.90 Å². The van der Waals surface area contributed by atoms with Crippen LogP contribution in [0.5, 0.6) is 0 Å². The molecule has 0 N–H and O–H groups in total.